The number of ether oxygens (including phenoxy) is 2. The molecule has 1 radical (unpaired) electrons. The summed E-state index contributed by atoms with van der Waals surface area (Å²) in [5, 5.41) is 0. The maximum absolute atomic E-state index is 5.71. The van der Waals surface area contributed by atoms with E-state index in [9.17, 15) is 0 Å². The van der Waals surface area contributed by atoms with Gasteiger partial charge in [-0.25, -0.2) is 0 Å². The van der Waals surface area contributed by atoms with Crippen LogP contribution in [0, 0.1) is 5.92 Å². The van der Waals surface area contributed by atoms with Gasteiger partial charge in [-0.15, -0.1) is 0 Å². The van der Waals surface area contributed by atoms with Gasteiger partial charge in [0.15, 0.2) is 5.79 Å². The lowest BCUT2D eigenvalue weighted by Gasteiger charge is -2.38. The normalized spacial score (nSPS) is 24.2. The van der Waals surface area contributed by atoms with Crippen molar-refractivity contribution in [3.8, 4) is 0 Å². The summed E-state index contributed by atoms with van der Waals surface area (Å²) in [6, 6.07) is 0. The lowest BCUT2D eigenvalue weighted by molar-refractivity contribution is -0.261. The highest BCUT2D eigenvalue weighted by Crippen LogP contribution is 2.29. The van der Waals surface area contributed by atoms with E-state index in [2.05, 4.69) is 20.8 Å². The van der Waals surface area contributed by atoms with Gasteiger partial charge in [0, 0.05) is 5.92 Å². The maximum Gasteiger partial charge on any atom is 0.167 e. The van der Waals surface area contributed by atoms with Crippen LogP contribution in [0.1, 0.15) is 40.0 Å². The molecule has 0 amide bonds. The molecule has 2 heteroatoms. The summed E-state index contributed by atoms with van der Waals surface area (Å²) in [7, 11) is 0. The molecule has 0 saturated carbocycles. The van der Waals surface area contributed by atoms with E-state index in [-0.39, 0.29) is 5.79 Å². The Morgan fingerprint density at radius 2 is 1.58 bits per heavy atom. The molecule has 0 aromatic heterocycles. The Bertz CT molecular complexity index is 120. The Balaban J connectivity index is 2.42. The summed E-state index contributed by atoms with van der Waals surface area (Å²) < 4.78 is 11.4. The predicted molar refractivity (Wildman–Crippen MR) is 48.8 cm³/mol. The first kappa shape index (κ1) is 10.0. The van der Waals surface area contributed by atoms with Crippen LogP contribution in [-0.2, 0) is 9.47 Å². The van der Waals surface area contributed by atoms with Gasteiger partial charge < -0.3 is 9.47 Å². The molecule has 2 nitrogen and oxygen atoms in total. The summed E-state index contributed by atoms with van der Waals surface area (Å²) in [6.45, 7) is 7.95. The second-order valence-corrected chi connectivity index (χ2v) is 3.30. The fourth-order valence-electron chi connectivity index (χ4n) is 1.41. The molecule has 1 rings (SSSR count). The summed E-state index contributed by atoms with van der Waals surface area (Å²) in [6.07, 6.45) is 2.96. The number of rotatable bonds is 3. The van der Waals surface area contributed by atoms with Gasteiger partial charge >= 0.3 is 0 Å². The van der Waals surface area contributed by atoms with E-state index < -0.39 is 0 Å². The minimum Gasteiger partial charge on any atom is -0.349 e. The number of hydrogen-bond acceptors (Lipinski definition) is 2. The van der Waals surface area contributed by atoms with Gasteiger partial charge in [-0.1, -0.05) is 20.8 Å². The quantitative estimate of drug-likeness (QED) is 0.649. The molecule has 12 heavy (non-hydrogen) atoms. The summed E-state index contributed by atoms with van der Waals surface area (Å²) in [5.74, 6) is 1.09. The van der Waals surface area contributed by atoms with Crippen molar-refractivity contribution < 1.29 is 9.47 Å². The largest absolute Gasteiger partial charge is 0.349 e. The third kappa shape index (κ3) is 1.99. The predicted octanol–water partition coefficient (Wildman–Crippen LogP) is 2.53. The Morgan fingerprint density at radius 1 is 1.08 bits per heavy atom. The summed E-state index contributed by atoms with van der Waals surface area (Å²) in [4.78, 5) is 0. The van der Waals surface area contributed by atoms with Gasteiger partial charge in [0.1, 0.15) is 0 Å². The third-order valence-electron chi connectivity index (χ3n) is 2.66. The van der Waals surface area contributed by atoms with Crippen LogP contribution in [0.25, 0.3) is 0 Å². The Hall–Kier alpha value is -0.0800. The van der Waals surface area contributed by atoms with Crippen LogP contribution in [-0.4, -0.2) is 19.0 Å². The third-order valence-corrected chi connectivity index (χ3v) is 2.66. The molecule has 0 bridgehead atoms. The topological polar surface area (TPSA) is 18.5 Å². The first-order chi connectivity index (χ1) is 5.76. The molecule has 0 aromatic carbocycles. The molecule has 0 spiro atoms. The van der Waals surface area contributed by atoms with Crippen molar-refractivity contribution in [3.63, 3.8) is 0 Å². The Kier molecular flexibility index (Phi) is 3.53. The van der Waals surface area contributed by atoms with Crippen LogP contribution in [0.4, 0.5) is 0 Å². The average Bonchev–Trinajstić information content (AvgIpc) is 2.18. The maximum atomic E-state index is 5.71. The fraction of sp³-hybridized carbons (Fsp3) is 0.900. The molecule has 1 heterocycles. The van der Waals surface area contributed by atoms with Gasteiger partial charge in [-0.2, -0.15) is 0 Å². The molecular weight excluding hydrogens is 152 g/mol. The second kappa shape index (κ2) is 4.24. The highest BCUT2D eigenvalue weighted by Gasteiger charge is 2.33. The second-order valence-electron chi connectivity index (χ2n) is 3.30. The van der Waals surface area contributed by atoms with E-state index >= 15 is 0 Å². The van der Waals surface area contributed by atoms with Crippen molar-refractivity contribution >= 4 is 0 Å². The smallest absolute Gasteiger partial charge is 0.167 e. The minimum absolute atomic E-state index is 0.279. The molecular formula is C10H19O2. The van der Waals surface area contributed by atoms with Crippen LogP contribution in [0.3, 0.4) is 0 Å². The zero-order valence-corrected chi connectivity index (χ0v) is 8.35. The average molecular weight is 171 g/mol. The Labute approximate surface area is 75.2 Å². The summed E-state index contributed by atoms with van der Waals surface area (Å²) >= 11 is 0. The van der Waals surface area contributed by atoms with Gasteiger partial charge in [0.25, 0.3) is 0 Å². The molecule has 0 aromatic rings. The van der Waals surface area contributed by atoms with Crippen LogP contribution < -0.4 is 0 Å². The van der Waals surface area contributed by atoms with Gasteiger partial charge in [0.05, 0.1) is 13.2 Å². The lowest BCUT2D eigenvalue weighted by Crippen LogP contribution is -2.42. The minimum atomic E-state index is -0.279. The molecule has 1 fully saturated rings. The van der Waals surface area contributed by atoms with Crippen LogP contribution in [0.5, 0.6) is 0 Å². The van der Waals surface area contributed by atoms with Gasteiger partial charge in [0.2, 0.25) is 0 Å². The van der Waals surface area contributed by atoms with E-state index in [0.717, 1.165) is 32.5 Å². The monoisotopic (exact) mass is 171 g/mol. The van der Waals surface area contributed by atoms with Gasteiger partial charge in [-0.3, -0.25) is 0 Å². The van der Waals surface area contributed by atoms with E-state index in [1.165, 1.54) is 5.92 Å². The summed E-state index contributed by atoms with van der Waals surface area (Å²) in [5.41, 5.74) is 0. The molecule has 71 valence electrons. The molecule has 0 unspecified atom stereocenters. The zero-order valence-electron chi connectivity index (χ0n) is 8.35. The zero-order chi connectivity index (χ0) is 9.03. The molecule has 0 N–H and O–H groups in total. The standard InChI is InChI=1S/C10H19O2/c1-4-9-7-11-10(5-2,6-3)12-8-9/h4-8H2,1-3H3. The molecule has 1 saturated heterocycles. The highest BCUT2D eigenvalue weighted by molar-refractivity contribution is 4.92. The van der Waals surface area contributed by atoms with E-state index in [1.54, 1.807) is 0 Å². The van der Waals surface area contributed by atoms with Crippen LogP contribution in [0.2, 0.25) is 0 Å². The van der Waals surface area contributed by atoms with Crippen LogP contribution in [0.15, 0.2) is 0 Å². The van der Waals surface area contributed by atoms with Crippen molar-refractivity contribution in [3.05, 3.63) is 5.92 Å². The molecule has 0 atom stereocenters. The first-order valence-corrected chi connectivity index (χ1v) is 4.87. The number of hydrogen-bond donors (Lipinski definition) is 0. The van der Waals surface area contributed by atoms with Crippen molar-refractivity contribution in [2.75, 3.05) is 13.2 Å². The molecule has 1 aliphatic heterocycles. The van der Waals surface area contributed by atoms with Crippen molar-refractivity contribution in [2.24, 2.45) is 0 Å². The lowest BCUT2D eigenvalue weighted by atomic mass is 10.0. The van der Waals surface area contributed by atoms with E-state index in [4.69, 9.17) is 9.47 Å². The van der Waals surface area contributed by atoms with Crippen LogP contribution >= 0.6 is 0 Å². The fourth-order valence-corrected chi connectivity index (χ4v) is 1.41. The van der Waals surface area contributed by atoms with Crippen molar-refractivity contribution in [1.29, 1.82) is 0 Å². The van der Waals surface area contributed by atoms with E-state index in [0.29, 0.717) is 0 Å². The SMILES string of the molecule is CC[C]1COC(CC)(CC)OC1. The van der Waals surface area contributed by atoms with Crippen molar-refractivity contribution in [1.82, 2.24) is 0 Å². The molecule has 1 aliphatic rings. The van der Waals surface area contributed by atoms with Crippen molar-refractivity contribution in [2.45, 2.75) is 45.8 Å². The highest BCUT2D eigenvalue weighted by atomic mass is 16.7. The van der Waals surface area contributed by atoms with Gasteiger partial charge in [-0.05, 0) is 19.3 Å². The first-order valence-electron chi connectivity index (χ1n) is 4.87. The van der Waals surface area contributed by atoms with E-state index in [1.807, 2.05) is 0 Å². The molecule has 0 aliphatic carbocycles. The Morgan fingerprint density at radius 3 is 1.92 bits per heavy atom.